The van der Waals surface area contributed by atoms with Gasteiger partial charge in [0.15, 0.2) is 0 Å². The van der Waals surface area contributed by atoms with Gasteiger partial charge in [-0.05, 0) is 46.5 Å². The van der Waals surface area contributed by atoms with Gasteiger partial charge in [-0.25, -0.2) is 19.9 Å². The van der Waals surface area contributed by atoms with Gasteiger partial charge in [0.2, 0.25) is 10.6 Å². The van der Waals surface area contributed by atoms with E-state index >= 15 is 0 Å². The maximum absolute atomic E-state index is 6.27. The van der Waals surface area contributed by atoms with Crippen LogP contribution in [0, 0.1) is 0 Å². The monoisotopic (exact) mass is 500 g/mol. The Hall–Kier alpha value is -2.24. The van der Waals surface area contributed by atoms with Crippen LogP contribution in [0.5, 0.6) is 0 Å². The van der Waals surface area contributed by atoms with Crippen molar-refractivity contribution in [2.75, 3.05) is 0 Å². The molecule has 4 nitrogen and oxygen atoms in total. The summed E-state index contributed by atoms with van der Waals surface area (Å²) in [5.41, 5.74) is 3.90. The van der Waals surface area contributed by atoms with E-state index in [0.717, 1.165) is 22.5 Å². The minimum Gasteiger partial charge on any atom is -0.223 e. The average Bonchev–Trinajstić information content (AvgIpc) is 2.73. The van der Waals surface area contributed by atoms with Crippen LogP contribution in [0.15, 0.2) is 72.8 Å². The quantitative estimate of drug-likeness (QED) is 0.217. The molecule has 0 aliphatic heterocycles. The minimum absolute atomic E-state index is 0.00434. The topological polar surface area (TPSA) is 51.6 Å². The SMILES string of the molecule is Clc1cc([C@H]2[C@H](c3ccccc3)[C@@H](c3cc(Cl)nc(Cl)n3)[C@H]2c2ccccc2)nc(Cl)n1. The molecule has 0 radical (unpaired) electrons. The Morgan fingerprint density at radius 3 is 1.19 bits per heavy atom. The van der Waals surface area contributed by atoms with E-state index < -0.39 is 0 Å². The second-order valence-corrected chi connectivity index (χ2v) is 9.14. The van der Waals surface area contributed by atoms with E-state index in [1.165, 1.54) is 0 Å². The Morgan fingerprint density at radius 2 is 0.844 bits per heavy atom. The highest BCUT2D eigenvalue weighted by Crippen LogP contribution is 2.66. The summed E-state index contributed by atoms with van der Waals surface area (Å²) in [6.45, 7) is 0. The molecule has 0 unspecified atom stereocenters. The second-order valence-electron chi connectivity index (χ2n) is 7.69. The zero-order chi connectivity index (χ0) is 22.2. The fourth-order valence-electron chi connectivity index (χ4n) is 4.82. The summed E-state index contributed by atoms with van der Waals surface area (Å²) in [7, 11) is 0. The van der Waals surface area contributed by atoms with Gasteiger partial charge in [-0.15, -0.1) is 0 Å². The lowest BCUT2D eigenvalue weighted by molar-refractivity contribution is 0.220. The van der Waals surface area contributed by atoms with Crippen LogP contribution in [0.25, 0.3) is 0 Å². The van der Waals surface area contributed by atoms with Gasteiger partial charge >= 0.3 is 0 Å². The number of halogens is 4. The summed E-state index contributed by atoms with van der Waals surface area (Å²) in [5.74, 6) is 0.0848. The molecule has 0 N–H and O–H groups in total. The summed E-state index contributed by atoms with van der Waals surface area (Å²) >= 11 is 24.9. The number of aromatic nitrogens is 4. The molecule has 0 amide bonds. The van der Waals surface area contributed by atoms with Crippen molar-refractivity contribution in [1.29, 1.82) is 0 Å². The van der Waals surface area contributed by atoms with Crippen molar-refractivity contribution >= 4 is 46.4 Å². The van der Waals surface area contributed by atoms with Crippen LogP contribution in [-0.4, -0.2) is 19.9 Å². The first-order valence-corrected chi connectivity index (χ1v) is 11.5. The molecule has 1 saturated carbocycles. The van der Waals surface area contributed by atoms with Crippen molar-refractivity contribution in [2.45, 2.75) is 23.7 Å². The summed E-state index contributed by atoms with van der Waals surface area (Å²) < 4.78 is 0. The van der Waals surface area contributed by atoms with Crippen LogP contribution >= 0.6 is 46.4 Å². The van der Waals surface area contributed by atoms with E-state index in [2.05, 4.69) is 44.2 Å². The molecule has 1 aliphatic carbocycles. The molecule has 8 heteroatoms. The normalized spacial score (nSPS) is 22.4. The molecule has 2 heterocycles. The highest BCUT2D eigenvalue weighted by atomic mass is 35.5. The van der Waals surface area contributed by atoms with E-state index in [1.807, 2.05) is 36.4 Å². The van der Waals surface area contributed by atoms with Crippen molar-refractivity contribution in [1.82, 2.24) is 19.9 Å². The summed E-state index contributed by atoms with van der Waals surface area (Å²) in [6.07, 6.45) is 0. The Balaban J connectivity index is 1.72. The zero-order valence-corrected chi connectivity index (χ0v) is 19.6. The van der Waals surface area contributed by atoms with Crippen molar-refractivity contribution < 1.29 is 0 Å². The third-order valence-electron chi connectivity index (χ3n) is 5.97. The number of rotatable bonds is 4. The molecule has 4 aromatic rings. The lowest BCUT2D eigenvalue weighted by Gasteiger charge is -2.52. The molecule has 0 spiro atoms. The Labute approximate surface area is 205 Å². The largest absolute Gasteiger partial charge is 0.224 e. The van der Waals surface area contributed by atoms with E-state index in [-0.39, 0.29) is 34.2 Å². The molecule has 160 valence electrons. The van der Waals surface area contributed by atoms with E-state index in [9.17, 15) is 0 Å². The third-order valence-corrected chi connectivity index (χ3v) is 6.70. The number of hydrogen-bond acceptors (Lipinski definition) is 4. The van der Waals surface area contributed by atoms with Crippen LogP contribution in [0.1, 0.15) is 46.2 Å². The summed E-state index contributed by atoms with van der Waals surface area (Å²) in [6, 6.07) is 24.1. The Kier molecular flexibility index (Phi) is 6.04. The predicted molar refractivity (Wildman–Crippen MR) is 128 cm³/mol. The first-order chi connectivity index (χ1) is 15.5. The first kappa shape index (κ1) is 21.6. The molecule has 0 atom stereocenters. The molecule has 1 fully saturated rings. The van der Waals surface area contributed by atoms with Crippen LogP contribution in [0.2, 0.25) is 20.9 Å². The molecule has 5 rings (SSSR count). The van der Waals surface area contributed by atoms with Gasteiger partial charge in [-0.3, -0.25) is 0 Å². The minimum atomic E-state index is -0.00434. The number of benzene rings is 2. The van der Waals surface area contributed by atoms with Crippen molar-refractivity contribution in [3.05, 3.63) is 116 Å². The first-order valence-electron chi connectivity index (χ1n) is 10.0. The highest BCUT2D eigenvalue weighted by Gasteiger charge is 2.54. The molecule has 2 aromatic carbocycles. The lowest BCUT2D eigenvalue weighted by atomic mass is 9.50. The predicted octanol–water partition coefficient (Wildman–Crippen LogP) is 7.33. The fourth-order valence-corrected chi connectivity index (χ4v) is 5.67. The zero-order valence-electron chi connectivity index (χ0n) is 16.5. The van der Waals surface area contributed by atoms with Gasteiger partial charge in [0, 0.05) is 23.7 Å². The van der Waals surface area contributed by atoms with Gasteiger partial charge in [0.1, 0.15) is 10.3 Å². The summed E-state index contributed by atoms with van der Waals surface area (Å²) in [4.78, 5) is 17.2. The molecule has 0 bridgehead atoms. The number of hydrogen-bond donors (Lipinski definition) is 0. The van der Waals surface area contributed by atoms with Gasteiger partial charge < -0.3 is 0 Å². The molecule has 2 aromatic heterocycles. The molecule has 0 saturated heterocycles. The lowest BCUT2D eigenvalue weighted by Crippen LogP contribution is -2.41. The maximum Gasteiger partial charge on any atom is 0.224 e. The van der Waals surface area contributed by atoms with Gasteiger partial charge in [-0.2, -0.15) is 0 Å². The molecule has 32 heavy (non-hydrogen) atoms. The fraction of sp³-hybridized carbons (Fsp3) is 0.167. The number of nitrogens with zero attached hydrogens (tertiary/aromatic N) is 4. The Morgan fingerprint density at radius 1 is 0.469 bits per heavy atom. The Bertz CT molecular complexity index is 1110. The molecule has 1 aliphatic rings. The van der Waals surface area contributed by atoms with Crippen molar-refractivity contribution in [2.24, 2.45) is 0 Å². The maximum atomic E-state index is 6.27. The molecular formula is C24H16Cl4N4. The smallest absolute Gasteiger partial charge is 0.223 e. The van der Waals surface area contributed by atoms with Gasteiger partial charge in [0.25, 0.3) is 0 Å². The van der Waals surface area contributed by atoms with Gasteiger partial charge in [-0.1, -0.05) is 83.9 Å². The van der Waals surface area contributed by atoms with E-state index in [0.29, 0.717) is 10.3 Å². The van der Waals surface area contributed by atoms with Crippen LogP contribution in [-0.2, 0) is 0 Å². The summed E-state index contributed by atoms with van der Waals surface area (Å²) in [5, 5.41) is 0.885. The van der Waals surface area contributed by atoms with Crippen molar-refractivity contribution in [3.63, 3.8) is 0 Å². The van der Waals surface area contributed by atoms with Crippen molar-refractivity contribution in [3.8, 4) is 0 Å². The highest BCUT2D eigenvalue weighted by molar-refractivity contribution is 6.32. The average molecular weight is 502 g/mol. The standard InChI is InChI=1S/C24H16Cl4N4/c25-17-11-15(29-23(27)31-17)21-19(13-7-3-1-4-8-13)22(16-12-18(26)32-24(28)30-16)20(21)14-9-5-2-6-10-14/h1-12,19-22H/t19-,20-,21-,22+. The van der Waals surface area contributed by atoms with E-state index in [1.54, 1.807) is 12.1 Å². The molecular weight excluding hydrogens is 486 g/mol. The van der Waals surface area contributed by atoms with Crippen LogP contribution in [0.4, 0.5) is 0 Å². The van der Waals surface area contributed by atoms with Crippen LogP contribution in [0.3, 0.4) is 0 Å². The van der Waals surface area contributed by atoms with E-state index in [4.69, 9.17) is 46.4 Å². The van der Waals surface area contributed by atoms with Gasteiger partial charge in [0.05, 0.1) is 11.4 Å². The third kappa shape index (κ3) is 4.08. The van der Waals surface area contributed by atoms with Crippen LogP contribution < -0.4 is 0 Å². The second kappa shape index (κ2) is 8.95.